The number of halogens is 1. The van der Waals surface area contributed by atoms with Crippen molar-refractivity contribution in [1.29, 1.82) is 0 Å². The molecule has 0 aromatic heterocycles. The van der Waals surface area contributed by atoms with Gasteiger partial charge in [-0.2, -0.15) is 0 Å². The van der Waals surface area contributed by atoms with Crippen molar-refractivity contribution in [1.82, 2.24) is 5.32 Å². The van der Waals surface area contributed by atoms with E-state index in [0.29, 0.717) is 18.7 Å². The Morgan fingerprint density at radius 3 is 2.09 bits per heavy atom. The standard InChI is InChI=1S/C25H31ClN2O5/c1-25(2,3)33-24(30)27-22(23(29)31-17-19-10-6-4-7-11-19)15-14-21(16-26)28-32-18-20-12-8-5-9-13-20/h4-13,22H,14-18H2,1-3H3,(H,27,30). The smallest absolute Gasteiger partial charge is 0.408 e. The highest BCUT2D eigenvalue weighted by atomic mass is 35.5. The van der Waals surface area contributed by atoms with E-state index < -0.39 is 23.7 Å². The number of alkyl carbamates (subject to hydrolysis) is 1. The van der Waals surface area contributed by atoms with Crippen LogP contribution in [0.1, 0.15) is 44.7 Å². The minimum atomic E-state index is -0.925. The molecule has 7 nitrogen and oxygen atoms in total. The zero-order chi connectivity index (χ0) is 24.1. The van der Waals surface area contributed by atoms with Crippen molar-refractivity contribution in [3.8, 4) is 0 Å². The average Bonchev–Trinajstić information content (AvgIpc) is 2.79. The van der Waals surface area contributed by atoms with Gasteiger partial charge in [0.1, 0.15) is 24.9 Å². The highest BCUT2D eigenvalue weighted by molar-refractivity contribution is 6.28. The molecule has 0 heterocycles. The van der Waals surface area contributed by atoms with E-state index in [1.165, 1.54) is 0 Å². The van der Waals surface area contributed by atoms with Crippen molar-refractivity contribution in [2.45, 2.75) is 58.5 Å². The molecule has 2 rings (SSSR count). The van der Waals surface area contributed by atoms with Crippen molar-refractivity contribution < 1.29 is 23.9 Å². The van der Waals surface area contributed by atoms with Crippen molar-refractivity contribution in [3.63, 3.8) is 0 Å². The van der Waals surface area contributed by atoms with Crippen LogP contribution in [-0.2, 0) is 32.3 Å². The van der Waals surface area contributed by atoms with E-state index >= 15 is 0 Å². The molecule has 8 heteroatoms. The van der Waals surface area contributed by atoms with Gasteiger partial charge in [-0.25, -0.2) is 9.59 Å². The van der Waals surface area contributed by atoms with Gasteiger partial charge >= 0.3 is 12.1 Å². The van der Waals surface area contributed by atoms with E-state index in [4.69, 9.17) is 25.9 Å². The van der Waals surface area contributed by atoms with E-state index in [1.807, 2.05) is 60.7 Å². The number of nitrogens with zero attached hydrogens (tertiary/aromatic N) is 1. The molecule has 178 valence electrons. The molecule has 2 aromatic rings. The Labute approximate surface area is 200 Å². The van der Waals surface area contributed by atoms with Gasteiger partial charge in [-0.05, 0) is 44.7 Å². The summed E-state index contributed by atoms with van der Waals surface area (Å²) in [6, 6.07) is 18.0. The maximum Gasteiger partial charge on any atom is 0.408 e. The third-order valence-electron chi connectivity index (χ3n) is 4.34. The second-order valence-corrected chi connectivity index (χ2v) is 8.65. The highest BCUT2D eigenvalue weighted by Crippen LogP contribution is 2.11. The number of carbonyl (C=O) groups excluding carboxylic acids is 2. The summed E-state index contributed by atoms with van der Waals surface area (Å²) in [7, 11) is 0. The van der Waals surface area contributed by atoms with Gasteiger partial charge in [0.15, 0.2) is 0 Å². The molecule has 1 amide bonds. The number of alkyl halides is 1. The average molecular weight is 475 g/mol. The fraction of sp³-hybridized carbons (Fsp3) is 0.400. The minimum absolute atomic E-state index is 0.100. The summed E-state index contributed by atoms with van der Waals surface area (Å²) >= 11 is 6.01. The van der Waals surface area contributed by atoms with Crippen molar-refractivity contribution in [2.24, 2.45) is 5.16 Å². The molecule has 0 fully saturated rings. The molecule has 0 aliphatic heterocycles. The first-order chi connectivity index (χ1) is 15.8. The van der Waals surface area contributed by atoms with E-state index in [2.05, 4.69) is 10.5 Å². The number of rotatable bonds is 11. The van der Waals surface area contributed by atoms with Gasteiger partial charge in [0.25, 0.3) is 0 Å². The molecular formula is C25H31ClN2O5. The maximum atomic E-state index is 12.7. The second-order valence-electron chi connectivity index (χ2n) is 8.38. The fourth-order valence-corrected chi connectivity index (χ4v) is 2.93. The van der Waals surface area contributed by atoms with Gasteiger partial charge in [-0.1, -0.05) is 65.8 Å². The van der Waals surface area contributed by atoms with E-state index in [9.17, 15) is 9.59 Å². The zero-order valence-electron chi connectivity index (χ0n) is 19.3. The lowest BCUT2D eigenvalue weighted by atomic mass is 10.1. The van der Waals surface area contributed by atoms with Gasteiger partial charge in [-0.3, -0.25) is 0 Å². The molecule has 1 atom stereocenters. The summed E-state index contributed by atoms with van der Waals surface area (Å²) in [5, 5.41) is 6.69. The zero-order valence-corrected chi connectivity index (χ0v) is 20.0. The van der Waals surface area contributed by atoms with Crippen LogP contribution in [0.25, 0.3) is 0 Å². The SMILES string of the molecule is CC(C)(C)OC(=O)NC(CCC(CCl)=NOCc1ccccc1)C(=O)OCc1ccccc1. The van der Waals surface area contributed by atoms with Crippen LogP contribution in [0.3, 0.4) is 0 Å². The Kier molecular flexibility index (Phi) is 10.7. The van der Waals surface area contributed by atoms with E-state index in [1.54, 1.807) is 20.8 Å². The third kappa shape index (κ3) is 10.9. The lowest BCUT2D eigenvalue weighted by Crippen LogP contribution is -2.44. The molecule has 1 N–H and O–H groups in total. The number of benzene rings is 2. The van der Waals surface area contributed by atoms with Crippen LogP contribution in [0.15, 0.2) is 65.8 Å². The summed E-state index contributed by atoms with van der Waals surface area (Å²) < 4.78 is 10.7. The van der Waals surface area contributed by atoms with Gasteiger partial charge in [-0.15, -0.1) is 11.6 Å². The summed E-state index contributed by atoms with van der Waals surface area (Å²) in [6.07, 6.45) is -0.138. The molecule has 33 heavy (non-hydrogen) atoms. The molecule has 0 saturated heterocycles. The largest absolute Gasteiger partial charge is 0.459 e. The van der Waals surface area contributed by atoms with Gasteiger partial charge in [0.05, 0.1) is 11.6 Å². The van der Waals surface area contributed by atoms with Crippen LogP contribution in [-0.4, -0.2) is 35.3 Å². The quantitative estimate of drug-likeness (QED) is 0.209. The Morgan fingerprint density at radius 2 is 1.55 bits per heavy atom. The molecule has 0 aliphatic carbocycles. The monoisotopic (exact) mass is 474 g/mol. The summed E-state index contributed by atoms with van der Waals surface area (Å²) in [5.74, 6) is -0.434. The predicted octanol–water partition coefficient (Wildman–Crippen LogP) is 5.21. The maximum absolute atomic E-state index is 12.7. The summed E-state index contributed by atoms with van der Waals surface area (Å²) in [4.78, 5) is 30.4. The molecule has 0 bridgehead atoms. The normalized spacial score (nSPS) is 12.5. The number of hydrogen-bond donors (Lipinski definition) is 1. The molecular weight excluding hydrogens is 444 g/mol. The third-order valence-corrected chi connectivity index (χ3v) is 4.65. The molecule has 2 aromatic carbocycles. The number of carbonyl (C=O) groups is 2. The van der Waals surface area contributed by atoms with Crippen molar-refractivity contribution in [2.75, 3.05) is 5.88 Å². The minimum Gasteiger partial charge on any atom is -0.459 e. The number of amides is 1. The first kappa shape index (κ1) is 26.2. The van der Waals surface area contributed by atoms with Gasteiger partial charge in [0.2, 0.25) is 0 Å². The van der Waals surface area contributed by atoms with Crippen molar-refractivity contribution in [3.05, 3.63) is 71.8 Å². The first-order valence-corrected chi connectivity index (χ1v) is 11.3. The number of esters is 1. The molecule has 0 spiro atoms. The number of hydrogen-bond acceptors (Lipinski definition) is 6. The Hall–Kier alpha value is -3.06. The van der Waals surface area contributed by atoms with Gasteiger partial charge in [0, 0.05) is 0 Å². The molecule has 0 saturated carbocycles. The van der Waals surface area contributed by atoms with Crippen LogP contribution in [0.4, 0.5) is 4.79 Å². The van der Waals surface area contributed by atoms with E-state index in [0.717, 1.165) is 11.1 Å². The Bertz CT molecular complexity index is 898. The lowest BCUT2D eigenvalue weighted by molar-refractivity contribution is -0.147. The number of nitrogens with one attached hydrogen (secondary N) is 1. The summed E-state index contributed by atoms with van der Waals surface area (Å²) in [6.45, 7) is 5.65. The molecule has 0 radical (unpaired) electrons. The number of ether oxygens (including phenoxy) is 2. The predicted molar refractivity (Wildman–Crippen MR) is 128 cm³/mol. The van der Waals surface area contributed by atoms with Gasteiger partial charge < -0.3 is 19.6 Å². The van der Waals surface area contributed by atoms with Crippen molar-refractivity contribution >= 4 is 29.4 Å². The van der Waals surface area contributed by atoms with Crippen LogP contribution >= 0.6 is 11.6 Å². The van der Waals surface area contributed by atoms with Crippen LogP contribution in [0.5, 0.6) is 0 Å². The lowest BCUT2D eigenvalue weighted by Gasteiger charge is -2.23. The fourth-order valence-electron chi connectivity index (χ4n) is 2.75. The molecule has 0 aliphatic rings. The topological polar surface area (TPSA) is 86.2 Å². The first-order valence-electron chi connectivity index (χ1n) is 10.7. The van der Waals surface area contributed by atoms with Crippen LogP contribution in [0.2, 0.25) is 0 Å². The van der Waals surface area contributed by atoms with E-state index in [-0.39, 0.29) is 18.9 Å². The second kappa shape index (κ2) is 13.5. The Morgan fingerprint density at radius 1 is 0.970 bits per heavy atom. The summed E-state index contributed by atoms with van der Waals surface area (Å²) in [5.41, 5.74) is 1.68. The van der Waals surface area contributed by atoms with Crippen LogP contribution < -0.4 is 5.32 Å². The molecule has 1 unspecified atom stereocenters. The number of oxime groups is 1. The highest BCUT2D eigenvalue weighted by Gasteiger charge is 2.26. The Balaban J connectivity index is 1.97. The van der Waals surface area contributed by atoms with Crippen LogP contribution in [0, 0.1) is 0 Å².